The Hall–Kier alpha value is -2.07. The number of sulfonamides is 1. The van der Waals surface area contributed by atoms with Gasteiger partial charge in [0.1, 0.15) is 0 Å². The maximum absolute atomic E-state index is 13.4. The van der Waals surface area contributed by atoms with Crippen LogP contribution in [0.1, 0.15) is 18.4 Å². The second kappa shape index (κ2) is 9.89. The highest BCUT2D eigenvalue weighted by Crippen LogP contribution is 2.43. The fourth-order valence-electron chi connectivity index (χ4n) is 4.64. The van der Waals surface area contributed by atoms with E-state index >= 15 is 0 Å². The smallest absolute Gasteiger partial charge is 0.320 e. The topological polar surface area (TPSA) is 83.1 Å². The van der Waals surface area contributed by atoms with Crippen molar-refractivity contribution in [2.24, 2.45) is 5.41 Å². The number of carbonyl (C=O) groups excluding carboxylic acids is 1. The van der Waals surface area contributed by atoms with Gasteiger partial charge in [-0.25, -0.2) is 18.2 Å². The number of benzene rings is 1. The monoisotopic (exact) mass is 526 g/mol. The van der Waals surface area contributed by atoms with Crippen molar-refractivity contribution < 1.29 is 17.9 Å². The Bertz CT molecular complexity index is 1120. The van der Waals surface area contributed by atoms with Gasteiger partial charge >= 0.3 is 6.03 Å². The van der Waals surface area contributed by atoms with Crippen molar-refractivity contribution in [1.82, 2.24) is 19.1 Å². The summed E-state index contributed by atoms with van der Waals surface area (Å²) in [5.41, 5.74) is 0.705. The lowest BCUT2D eigenvalue weighted by atomic mass is 9.77. The Morgan fingerprint density at radius 1 is 1.06 bits per heavy atom. The number of rotatable bonds is 5. The third-order valence-electron chi connectivity index (χ3n) is 6.57. The molecule has 1 aromatic heterocycles. The molecule has 0 spiro atoms. The van der Waals surface area contributed by atoms with Crippen molar-refractivity contribution in [3.8, 4) is 5.88 Å². The van der Waals surface area contributed by atoms with Crippen molar-refractivity contribution >= 4 is 39.3 Å². The van der Waals surface area contributed by atoms with Gasteiger partial charge in [0.15, 0.2) is 0 Å². The maximum Gasteiger partial charge on any atom is 0.320 e. The van der Waals surface area contributed by atoms with Crippen LogP contribution in [0.3, 0.4) is 0 Å². The van der Waals surface area contributed by atoms with E-state index < -0.39 is 10.0 Å². The molecule has 0 N–H and O–H groups in total. The molecule has 1 aromatic carbocycles. The largest absolute Gasteiger partial charge is 0.477 e. The average Bonchev–Trinajstić information content (AvgIpc) is 3.16. The van der Waals surface area contributed by atoms with E-state index in [2.05, 4.69) is 11.9 Å². The Morgan fingerprint density at radius 3 is 2.29 bits per heavy atom. The molecule has 3 heterocycles. The van der Waals surface area contributed by atoms with E-state index in [4.69, 9.17) is 27.9 Å². The van der Waals surface area contributed by atoms with Gasteiger partial charge in [-0.15, -0.1) is 0 Å². The molecular formula is C23H28Cl2N4O4S. The minimum Gasteiger partial charge on any atom is -0.477 e. The van der Waals surface area contributed by atoms with Gasteiger partial charge in [-0.2, -0.15) is 4.31 Å². The molecular weight excluding hydrogens is 499 g/mol. The van der Waals surface area contributed by atoms with E-state index in [1.54, 1.807) is 17.0 Å². The zero-order valence-corrected chi connectivity index (χ0v) is 21.5. The molecule has 2 aliphatic rings. The van der Waals surface area contributed by atoms with Crippen LogP contribution in [0, 0.1) is 5.41 Å². The van der Waals surface area contributed by atoms with Gasteiger partial charge in [-0.3, -0.25) is 0 Å². The minimum atomic E-state index is -3.26. The second-order valence-electron chi connectivity index (χ2n) is 9.17. The van der Waals surface area contributed by atoms with Crippen LogP contribution in [0.2, 0.25) is 10.0 Å². The van der Waals surface area contributed by atoms with Crippen molar-refractivity contribution in [3.05, 3.63) is 58.2 Å². The van der Waals surface area contributed by atoms with Crippen molar-refractivity contribution in [2.45, 2.75) is 12.8 Å². The van der Waals surface area contributed by atoms with Crippen LogP contribution in [-0.2, 0) is 10.0 Å². The number of amides is 2. The summed E-state index contributed by atoms with van der Waals surface area (Å²) in [5, 5.41) is 1.19. The van der Waals surface area contributed by atoms with Crippen molar-refractivity contribution in [2.75, 3.05) is 52.1 Å². The van der Waals surface area contributed by atoms with Gasteiger partial charge in [0, 0.05) is 67.9 Å². The standard InChI is InChI=1S/C23H28Cl2N4O4S/c1-23(16-33-21-8-7-19(25)13-26-21)15-28(14-20(23)17-3-5-18(24)6-4-17)22(30)27-9-11-29(12-10-27)34(2,31)32/h3-8,13,20H,9-12,14-16H2,1-2H3/t20-,23-/m1/s1. The number of piperazine rings is 1. The fourth-order valence-corrected chi connectivity index (χ4v) is 5.71. The van der Waals surface area contributed by atoms with Crippen LogP contribution in [0.4, 0.5) is 4.79 Å². The van der Waals surface area contributed by atoms with E-state index in [0.29, 0.717) is 61.8 Å². The fraction of sp³-hybridized carbons (Fsp3) is 0.478. The Balaban J connectivity index is 1.50. The highest BCUT2D eigenvalue weighted by Gasteiger charge is 2.47. The number of aromatic nitrogens is 1. The van der Waals surface area contributed by atoms with Crippen molar-refractivity contribution in [3.63, 3.8) is 0 Å². The zero-order valence-electron chi connectivity index (χ0n) is 19.2. The molecule has 0 saturated carbocycles. The van der Waals surface area contributed by atoms with Crippen LogP contribution in [-0.4, -0.2) is 85.7 Å². The molecule has 2 aromatic rings. The van der Waals surface area contributed by atoms with Crippen LogP contribution < -0.4 is 4.74 Å². The molecule has 0 radical (unpaired) electrons. The molecule has 2 saturated heterocycles. The van der Waals surface area contributed by atoms with E-state index in [0.717, 1.165) is 5.56 Å². The summed E-state index contributed by atoms with van der Waals surface area (Å²) in [6.07, 6.45) is 2.74. The summed E-state index contributed by atoms with van der Waals surface area (Å²) in [4.78, 5) is 21.2. The quantitative estimate of drug-likeness (QED) is 0.594. The van der Waals surface area contributed by atoms with E-state index in [-0.39, 0.29) is 17.4 Å². The lowest BCUT2D eigenvalue weighted by Gasteiger charge is -2.35. The number of hydrogen-bond donors (Lipinski definition) is 0. The van der Waals surface area contributed by atoms with Crippen LogP contribution >= 0.6 is 23.2 Å². The molecule has 0 bridgehead atoms. The third-order valence-corrected chi connectivity index (χ3v) is 8.35. The molecule has 2 fully saturated rings. The van der Waals surface area contributed by atoms with Crippen molar-refractivity contribution in [1.29, 1.82) is 0 Å². The van der Waals surface area contributed by atoms with Gasteiger partial charge < -0.3 is 14.5 Å². The zero-order chi connectivity index (χ0) is 24.5. The lowest BCUT2D eigenvalue weighted by molar-refractivity contribution is 0.126. The molecule has 184 valence electrons. The summed E-state index contributed by atoms with van der Waals surface area (Å²) in [6, 6.07) is 11.1. The Kier molecular flexibility index (Phi) is 7.28. The number of ether oxygens (including phenoxy) is 1. The number of likely N-dealkylation sites (tertiary alicyclic amines) is 1. The molecule has 0 unspecified atom stereocenters. The maximum atomic E-state index is 13.4. The summed E-state index contributed by atoms with van der Waals surface area (Å²) in [6.45, 7) is 4.85. The Morgan fingerprint density at radius 2 is 1.71 bits per heavy atom. The average molecular weight is 527 g/mol. The molecule has 0 aliphatic carbocycles. The molecule has 4 rings (SSSR count). The number of hydrogen-bond acceptors (Lipinski definition) is 5. The predicted molar refractivity (Wildman–Crippen MR) is 132 cm³/mol. The summed E-state index contributed by atoms with van der Waals surface area (Å²) in [5.74, 6) is 0.500. The highest BCUT2D eigenvalue weighted by molar-refractivity contribution is 7.88. The van der Waals surface area contributed by atoms with Gasteiger partial charge in [0.2, 0.25) is 15.9 Å². The molecule has 8 nitrogen and oxygen atoms in total. The van der Waals surface area contributed by atoms with Crippen LogP contribution in [0.25, 0.3) is 0 Å². The summed E-state index contributed by atoms with van der Waals surface area (Å²) < 4.78 is 31.1. The Labute approximate surface area is 210 Å². The predicted octanol–water partition coefficient (Wildman–Crippen LogP) is 3.57. The van der Waals surface area contributed by atoms with Crippen LogP contribution in [0.15, 0.2) is 42.6 Å². The normalized spacial score (nSPS) is 23.8. The molecule has 2 atom stereocenters. The lowest BCUT2D eigenvalue weighted by Crippen LogP contribution is -2.53. The first-order chi connectivity index (χ1) is 16.0. The van der Waals surface area contributed by atoms with E-state index in [1.807, 2.05) is 29.2 Å². The number of carbonyl (C=O) groups is 1. The van der Waals surface area contributed by atoms with Gasteiger partial charge in [-0.1, -0.05) is 42.3 Å². The van der Waals surface area contributed by atoms with E-state index in [9.17, 15) is 13.2 Å². The number of pyridine rings is 1. The van der Waals surface area contributed by atoms with Gasteiger partial charge in [0.05, 0.1) is 17.9 Å². The minimum absolute atomic E-state index is 0.0262. The number of halogens is 2. The summed E-state index contributed by atoms with van der Waals surface area (Å²) in [7, 11) is -3.26. The molecule has 2 amide bonds. The van der Waals surface area contributed by atoms with Crippen LogP contribution in [0.5, 0.6) is 5.88 Å². The third kappa shape index (κ3) is 5.59. The number of urea groups is 1. The summed E-state index contributed by atoms with van der Waals surface area (Å²) >= 11 is 12.0. The first-order valence-corrected chi connectivity index (χ1v) is 13.6. The molecule has 34 heavy (non-hydrogen) atoms. The molecule has 11 heteroatoms. The first-order valence-electron chi connectivity index (χ1n) is 11.0. The highest BCUT2D eigenvalue weighted by atomic mass is 35.5. The first kappa shape index (κ1) is 25.0. The van der Waals surface area contributed by atoms with E-state index in [1.165, 1.54) is 16.8 Å². The second-order valence-corrected chi connectivity index (χ2v) is 12.0. The number of nitrogens with zero attached hydrogens (tertiary/aromatic N) is 4. The van der Waals surface area contributed by atoms with Gasteiger partial charge in [-0.05, 0) is 23.8 Å². The van der Waals surface area contributed by atoms with Gasteiger partial charge in [0.25, 0.3) is 0 Å². The SMILES string of the molecule is C[C@]1(COc2ccc(Cl)cn2)CN(C(=O)N2CCN(S(C)(=O)=O)CC2)C[C@@H]1c1ccc(Cl)cc1. The molecule has 2 aliphatic heterocycles.